The molecule has 0 bridgehead atoms. The van der Waals surface area contributed by atoms with Crippen LogP contribution in [0.2, 0.25) is 0 Å². The fraction of sp³-hybridized carbons (Fsp3) is 0.562. The highest BCUT2D eigenvalue weighted by molar-refractivity contribution is 7.99. The molecule has 2 heterocycles. The number of hydrogen-bond donors (Lipinski definition) is 1. The summed E-state index contributed by atoms with van der Waals surface area (Å²) in [6.07, 6.45) is 0. The molecule has 1 atom stereocenters. The first-order valence-electron chi connectivity index (χ1n) is 7.58. The molecule has 114 valence electrons. The third kappa shape index (κ3) is 3.04. The second kappa shape index (κ2) is 6.28. The second-order valence-electron chi connectivity index (χ2n) is 5.80. The van der Waals surface area contributed by atoms with E-state index in [1.165, 1.54) is 16.8 Å². The number of amides is 1. The van der Waals surface area contributed by atoms with Crippen LogP contribution < -0.4 is 10.2 Å². The van der Waals surface area contributed by atoms with Crippen molar-refractivity contribution in [1.29, 1.82) is 0 Å². The van der Waals surface area contributed by atoms with Gasteiger partial charge in [-0.05, 0) is 31.0 Å². The summed E-state index contributed by atoms with van der Waals surface area (Å²) in [6.45, 7) is 7.85. The van der Waals surface area contributed by atoms with Crippen LogP contribution in [-0.2, 0) is 4.79 Å². The van der Waals surface area contributed by atoms with Crippen molar-refractivity contribution in [3.05, 3.63) is 29.3 Å². The Hall–Kier alpha value is -1.20. The Labute approximate surface area is 130 Å². The number of anilines is 1. The lowest BCUT2D eigenvalue weighted by Crippen LogP contribution is -2.53. The van der Waals surface area contributed by atoms with Gasteiger partial charge in [0, 0.05) is 43.5 Å². The Morgan fingerprint density at radius 2 is 2.00 bits per heavy atom. The summed E-state index contributed by atoms with van der Waals surface area (Å²) >= 11 is 1.81. The number of carbonyl (C=O) groups excluding carboxylic acids is 1. The zero-order chi connectivity index (χ0) is 14.8. The highest BCUT2D eigenvalue weighted by atomic mass is 32.2. The number of piperazine rings is 1. The topological polar surface area (TPSA) is 35.6 Å². The smallest absolute Gasteiger partial charge is 0.240 e. The van der Waals surface area contributed by atoms with Crippen LogP contribution in [0.25, 0.3) is 0 Å². The van der Waals surface area contributed by atoms with Crippen molar-refractivity contribution < 1.29 is 4.79 Å². The number of thioether (sulfide) groups is 1. The lowest BCUT2D eigenvalue weighted by molar-refractivity contribution is -0.132. The zero-order valence-corrected chi connectivity index (χ0v) is 13.6. The van der Waals surface area contributed by atoms with Gasteiger partial charge in [-0.2, -0.15) is 0 Å². The van der Waals surface area contributed by atoms with Gasteiger partial charge in [-0.3, -0.25) is 10.1 Å². The molecule has 2 saturated heterocycles. The van der Waals surface area contributed by atoms with E-state index in [2.05, 4.69) is 42.3 Å². The fourth-order valence-corrected chi connectivity index (χ4v) is 3.95. The van der Waals surface area contributed by atoms with Crippen molar-refractivity contribution in [1.82, 2.24) is 10.2 Å². The van der Waals surface area contributed by atoms with Gasteiger partial charge in [0.1, 0.15) is 0 Å². The number of carbonyl (C=O) groups is 1. The van der Waals surface area contributed by atoms with E-state index in [9.17, 15) is 4.79 Å². The van der Waals surface area contributed by atoms with E-state index in [1.807, 2.05) is 4.90 Å². The molecule has 1 amide bonds. The van der Waals surface area contributed by atoms with Gasteiger partial charge in [0.05, 0.1) is 6.04 Å². The van der Waals surface area contributed by atoms with Crippen LogP contribution in [0.3, 0.4) is 0 Å². The summed E-state index contributed by atoms with van der Waals surface area (Å²) in [5.74, 6) is 2.09. The number of hydrogen-bond acceptors (Lipinski definition) is 4. The van der Waals surface area contributed by atoms with Crippen LogP contribution >= 0.6 is 11.8 Å². The molecule has 1 N–H and O–H groups in total. The number of rotatable bonds is 2. The van der Waals surface area contributed by atoms with Crippen LogP contribution in [0.4, 0.5) is 5.69 Å². The molecule has 2 aliphatic heterocycles. The van der Waals surface area contributed by atoms with E-state index >= 15 is 0 Å². The number of aryl methyl sites for hydroxylation is 1. The highest BCUT2D eigenvalue weighted by Crippen LogP contribution is 2.24. The zero-order valence-electron chi connectivity index (χ0n) is 12.8. The first kappa shape index (κ1) is 14.7. The maximum absolute atomic E-state index is 12.4. The summed E-state index contributed by atoms with van der Waals surface area (Å²) in [6, 6.07) is 6.49. The normalized spacial score (nSPS) is 22.7. The molecule has 2 fully saturated rings. The van der Waals surface area contributed by atoms with E-state index < -0.39 is 0 Å². The number of benzene rings is 1. The second-order valence-corrected chi connectivity index (χ2v) is 6.83. The largest absolute Gasteiger partial charge is 0.368 e. The number of nitrogens with zero attached hydrogens (tertiary/aromatic N) is 2. The van der Waals surface area contributed by atoms with Crippen LogP contribution in [0.5, 0.6) is 0 Å². The molecular weight excluding hydrogens is 282 g/mol. The van der Waals surface area contributed by atoms with Gasteiger partial charge in [0.15, 0.2) is 0 Å². The maximum atomic E-state index is 12.4. The average Bonchev–Trinajstić information content (AvgIpc) is 3.04. The quantitative estimate of drug-likeness (QED) is 0.900. The van der Waals surface area contributed by atoms with Gasteiger partial charge in [-0.25, -0.2) is 0 Å². The monoisotopic (exact) mass is 305 g/mol. The third-order valence-corrected chi connectivity index (χ3v) is 5.46. The van der Waals surface area contributed by atoms with Gasteiger partial charge >= 0.3 is 0 Å². The van der Waals surface area contributed by atoms with Crippen LogP contribution in [0.1, 0.15) is 11.1 Å². The molecule has 4 nitrogen and oxygen atoms in total. The minimum Gasteiger partial charge on any atom is -0.368 e. The molecule has 0 saturated carbocycles. The van der Waals surface area contributed by atoms with Crippen molar-refractivity contribution >= 4 is 23.4 Å². The summed E-state index contributed by atoms with van der Waals surface area (Å²) < 4.78 is 0. The van der Waals surface area contributed by atoms with Gasteiger partial charge in [-0.15, -0.1) is 11.8 Å². The number of nitrogens with one attached hydrogen (secondary N) is 1. The molecular formula is C16H23N3OS. The predicted molar refractivity (Wildman–Crippen MR) is 89.0 cm³/mol. The molecule has 1 unspecified atom stereocenters. The van der Waals surface area contributed by atoms with E-state index in [1.54, 1.807) is 11.8 Å². The Morgan fingerprint density at radius 1 is 1.24 bits per heavy atom. The molecule has 2 aliphatic rings. The molecule has 0 spiro atoms. The van der Waals surface area contributed by atoms with E-state index in [4.69, 9.17) is 0 Å². The lowest BCUT2D eigenvalue weighted by atomic mass is 10.1. The van der Waals surface area contributed by atoms with Gasteiger partial charge in [0.25, 0.3) is 0 Å². The van der Waals surface area contributed by atoms with Crippen molar-refractivity contribution in [2.75, 3.05) is 42.7 Å². The van der Waals surface area contributed by atoms with E-state index in [0.717, 1.165) is 37.8 Å². The summed E-state index contributed by atoms with van der Waals surface area (Å²) in [4.78, 5) is 16.8. The minimum absolute atomic E-state index is 0.0299. The van der Waals surface area contributed by atoms with Crippen LogP contribution in [-0.4, -0.2) is 54.7 Å². The van der Waals surface area contributed by atoms with Crippen molar-refractivity contribution in [3.63, 3.8) is 0 Å². The third-order valence-electron chi connectivity index (χ3n) is 4.52. The average molecular weight is 305 g/mol. The van der Waals surface area contributed by atoms with Crippen molar-refractivity contribution in [3.8, 4) is 0 Å². The van der Waals surface area contributed by atoms with Crippen molar-refractivity contribution in [2.24, 2.45) is 0 Å². The van der Waals surface area contributed by atoms with E-state index in [-0.39, 0.29) is 11.9 Å². The summed E-state index contributed by atoms with van der Waals surface area (Å²) in [7, 11) is 0. The molecule has 1 aromatic rings. The Kier molecular flexibility index (Phi) is 4.40. The van der Waals surface area contributed by atoms with Gasteiger partial charge < -0.3 is 9.80 Å². The Bertz CT molecular complexity index is 520. The van der Waals surface area contributed by atoms with Crippen molar-refractivity contribution in [2.45, 2.75) is 19.9 Å². The molecule has 21 heavy (non-hydrogen) atoms. The van der Waals surface area contributed by atoms with Crippen LogP contribution in [0.15, 0.2) is 18.2 Å². The predicted octanol–water partition coefficient (Wildman–Crippen LogP) is 1.61. The molecule has 1 aromatic carbocycles. The Morgan fingerprint density at radius 3 is 2.67 bits per heavy atom. The summed E-state index contributed by atoms with van der Waals surface area (Å²) in [5, 5.41) is 3.27. The maximum Gasteiger partial charge on any atom is 0.240 e. The minimum atomic E-state index is 0.0299. The SMILES string of the molecule is Cc1cccc(N2CCN(C(=O)C3CSCN3)CC2)c1C. The Balaban J connectivity index is 1.62. The molecule has 5 heteroatoms. The van der Waals surface area contributed by atoms with Gasteiger partial charge in [0.2, 0.25) is 5.91 Å². The molecule has 0 aromatic heterocycles. The first-order valence-corrected chi connectivity index (χ1v) is 8.73. The first-order chi connectivity index (χ1) is 10.2. The standard InChI is InChI=1S/C16H23N3OS/c1-12-4-3-5-15(13(12)2)18-6-8-19(9-7-18)16(20)14-10-21-11-17-14/h3-5,14,17H,6-11H2,1-2H3. The summed E-state index contributed by atoms with van der Waals surface area (Å²) in [5.41, 5.74) is 4.00. The molecule has 0 aliphatic carbocycles. The fourth-order valence-electron chi connectivity index (χ4n) is 3.02. The van der Waals surface area contributed by atoms with Gasteiger partial charge in [-0.1, -0.05) is 12.1 Å². The lowest BCUT2D eigenvalue weighted by Gasteiger charge is -2.38. The molecule has 3 rings (SSSR count). The van der Waals surface area contributed by atoms with Crippen LogP contribution in [0, 0.1) is 13.8 Å². The highest BCUT2D eigenvalue weighted by Gasteiger charge is 2.29. The molecule has 0 radical (unpaired) electrons. The van der Waals surface area contributed by atoms with E-state index in [0.29, 0.717) is 0 Å².